The largest absolute Gasteiger partial charge is 0.495 e. The summed E-state index contributed by atoms with van der Waals surface area (Å²) in [6.45, 7) is 0.178. The van der Waals surface area contributed by atoms with Crippen molar-refractivity contribution in [2.24, 2.45) is 7.05 Å². The maximum atomic E-state index is 13.9. The number of methoxy groups -OCH3 is 1. The van der Waals surface area contributed by atoms with Crippen LogP contribution in [0.1, 0.15) is 17.2 Å². The number of rotatable bonds is 5. The molecule has 0 radical (unpaired) electrons. The van der Waals surface area contributed by atoms with Crippen LogP contribution in [0.2, 0.25) is 5.02 Å². The third-order valence-electron chi connectivity index (χ3n) is 6.25. The maximum Gasteiger partial charge on any atom is 0.248 e. The molecule has 184 valence electrons. The number of nitrogens with zero attached hydrogens (tertiary/aromatic N) is 2. The molecule has 5 rings (SSSR count). The number of para-hydroxylation sites is 1. The molecule has 0 saturated heterocycles. The van der Waals surface area contributed by atoms with Gasteiger partial charge in [-0.3, -0.25) is 14.5 Å². The quantitative estimate of drug-likeness (QED) is 0.376. The fraction of sp³-hybridized carbons (Fsp3) is 0.185. The molecule has 1 N–H and O–H groups in total. The number of aryl methyl sites for hydroxylation is 1. The third-order valence-corrected chi connectivity index (χ3v) is 7.65. The summed E-state index contributed by atoms with van der Waals surface area (Å²) in [5.41, 5.74) is 2.85. The minimum absolute atomic E-state index is 0.134. The normalized spacial score (nSPS) is 15.5. The number of ether oxygens (including phenoxy) is 1. The highest BCUT2D eigenvalue weighted by atomic mass is 35.5. The molecule has 6 nitrogen and oxygen atoms in total. The number of carbonyl (C=O) groups excluding carboxylic acids is 2. The summed E-state index contributed by atoms with van der Waals surface area (Å²) in [4.78, 5) is 29.0. The van der Waals surface area contributed by atoms with Crippen LogP contribution in [-0.2, 0) is 23.2 Å². The smallest absolute Gasteiger partial charge is 0.248 e. The Morgan fingerprint density at radius 2 is 1.92 bits per heavy atom. The SMILES string of the molecule is COc1ccc(Cl)cc1N1C(=O)CSc2c(c3ccccc3n2C)[C@H]1C(=O)NCc1ccc(F)cc1. The van der Waals surface area contributed by atoms with E-state index in [0.717, 1.165) is 27.1 Å². The summed E-state index contributed by atoms with van der Waals surface area (Å²) in [7, 11) is 3.44. The molecule has 2 heterocycles. The predicted molar refractivity (Wildman–Crippen MR) is 140 cm³/mol. The standard InChI is InChI=1S/C27H23ClFN3O3S/c1-31-20-6-4-3-5-19(20)24-25(26(34)30-14-16-7-10-18(29)11-8-16)32(23(33)15-36-27(24)31)21-13-17(28)9-12-22(21)35-2/h3-13,25H,14-15H2,1-2H3,(H,30,34)/t25-/m0/s1. The fourth-order valence-corrected chi connectivity index (χ4v) is 5.81. The number of anilines is 1. The Bertz CT molecular complexity index is 1470. The number of halogens is 2. The number of hydrogen-bond donors (Lipinski definition) is 1. The lowest BCUT2D eigenvalue weighted by atomic mass is 10.0. The van der Waals surface area contributed by atoms with Crippen LogP contribution in [0, 0.1) is 5.82 Å². The van der Waals surface area contributed by atoms with Gasteiger partial charge < -0.3 is 14.6 Å². The van der Waals surface area contributed by atoms with Crippen LogP contribution in [-0.4, -0.2) is 29.2 Å². The summed E-state index contributed by atoms with van der Waals surface area (Å²) in [6.07, 6.45) is 0. The Morgan fingerprint density at radius 3 is 2.67 bits per heavy atom. The topological polar surface area (TPSA) is 63.6 Å². The molecule has 1 aliphatic heterocycles. The molecule has 2 amide bonds. The van der Waals surface area contributed by atoms with E-state index in [2.05, 4.69) is 5.32 Å². The van der Waals surface area contributed by atoms with Gasteiger partial charge in [0, 0.05) is 35.1 Å². The molecule has 36 heavy (non-hydrogen) atoms. The number of amides is 2. The van der Waals surface area contributed by atoms with Crippen LogP contribution < -0.4 is 15.0 Å². The highest BCUT2D eigenvalue weighted by molar-refractivity contribution is 8.00. The molecule has 0 aliphatic carbocycles. The van der Waals surface area contributed by atoms with Crippen LogP contribution in [0.3, 0.4) is 0 Å². The van der Waals surface area contributed by atoms with Gasteiger partial charge in [0.1, 0.15) is 17.6 Å². The van der Waals surface area contributed by atoms with Gasteiger partial charge in [0.25, 0.3) is 0 Å². The van der Waals surface area contributed by atoms with Crippen LogP contribution in [0.15, 0.2) is 71.8 Å². The van der Waals surface area contributed by atoms with Gasteiger partial charge in [-0.15, -0.1) is 0 Å². The van der Waals surface area contributed by atoms with Crippen molar-refractivity contribution in [1.29, 1.82) is 0 Å². The van der Waals surface area contributed by atoms with Crippen LogP contribution in [0.5, 0.6) is 5.75 Å². The maximum absolute atomic E-state index is 13.9. The first kappa shape index (κ1) is 24.2. The Balaban J connectivity index is 1.67. The molecular weight excluding hydrogens is 501 g/mol. The first-order valence-electron chi connectivity index (χ1n) is 11.3. The molecule has 1 atom stereocenters. The number of benzene rings is 3. The molecule has 4 aromatic rings. The molecule has 1 aromatic heterocycles. The van der Waals surface area contributed by atoms with E-state index >= 15 is 0 Å². The average molecular weight is 524 g/mol. The Kier molecular flexibility index (Phi) is 6.64. The Labute approximate surface area is 217 Å². The monoisotopic (exact) mass is 523 g/mol. The van der Waals surface area contributed by atoms with Gasteiger partial charge >= 0.3 is 0 Å². The van der Waals surface area contributed by atoms with E-state index in [-0.39, 0.29) is 29.9 Å². The van der Waals surface area contributed by atoms with Gasteiger partial charge in [0.15, 0.2) is 0 Å². The van der Waals surface area contributed by atoms with E-state index in [1.165, 1.54) is 35.9 Å². The number of nitrogens with one attached hydrogen (secondary N) is 1. The summed E-state index contributed by atoms with van der Waals surface area (Å²) in [5, 5.41) is 5.09. The second kappa shape index (κ2) is 9.87. The summed E-state index contributed by atoms with van der Waals surface area (Å²) >= 11 is 7.73. The number of thioether (sulfide) groups is 1. The van der Waals surface area contributed by atoms with Gasteiger partial charge in [-0.05, 0) is 42.0 Å². The van der Waals surface area contributed by atoms with Crippen molar-refractivity contribution in [2.45, 2.75) is 17.6 Å². The van der Waals surface area contributed by atoms with Crippen molar-refractivity contribution in [3.8, 4) is 5.75 Å². The second-order valence-corrected chi connectivity index (χ2v) is 9.81. The molecule has 0 unspecified atom stereocenters. The van der Waals surface area contributed by atoms with E-state index in [0.29, 0.717) is 16.5 Å². The van der Waals surface area contributed by atoms with Crippen LogP contribution in [0.25, 0.3) is 10.9 Å². The number of hydrogen-bond acceptors (Lipinski definition) is 4. The number of aromatic nitrogens is 1. The zero-order valence-electron chi connectivity index (χ0n) is 19.6. The van der Waals surface area contributed by atoms with Gasteiger partial charge in [0.2, 0.25) is 11.8 Å². The molecule has 3 aromatic carbocycles. The highest BCUT2D eigenvalue weighted by Crippen LogP contribution is 2.45. The van der Waals surface area contributed by atoms with Gasteiger partial charge in [-0.2, -0.15) is 0 Å². The Hall–Kier alpha value is -3.49. The van der Waals surface area contributed by atoms with Gasteiger partial charge in [0.05, 0.1) is 23.6 Å². The van der Waals surface area contributed by atoms with E-state index in [4.69, 9.17) is 16.3 Å². The lowest BCUT2D eigenvalue weighted by Crippen LogP contribution is -2.44. The zero-order chi connectivity index (χ0) is 25.4. The Morgan fingerprint density at radius 1 is 1.17 bits per heavy atom. The molecule has 0 bridgehead atoms. The highest BCUT2D eigenvalue weighted by Gasteiger charge is 2.40. The second-order valence-electron chi connectivity index (χ2n) is 8.41. The van der Waals surface area contributed by atoms with Crippen LogP contribution in [0.4, 0.5) is 10.1 Å². The molecule has 0 saturated carbocycles. The first-order chi connectivity index (χ1) is 17.4. The van der Waals surface area contributed by atoms with Gasteiger partial charge in [-0.1, -0.05) is 53.7 Å². The third kappa shape index (κ3) is 4.31. The number of carbonyl (C=O) groups is 2. The molecule has 0 fully saturated rings. The first-order valence-corrected chi connectivity index (χ1v) is 12.6. The number of fused-ring (bicyclic) bond motifs is 3. The summed E-state index contributed by atoms with van der Waals surface area (Å²) in [6, 6.07) is 17.7. The summed E-state index contributed by atoms with van der Waals surface area (Å²) < 4.78 is 20.9. The van der Waals surface area contributed by atoms with Crippen molar-refractivity contribution in [3.63, 3.8) is 0 Å². The lowest BCUT2D eigenvalue weighted by Gasteiger charge is -2.31. The zero-order valence-corrected chi connectivity index (χ0v) is 21.2. The van der Waals surface area contributed by atoms with Crippen molar-refractivity contribution in [2.75, 3.05) is 17.8 Å². The minimum atomic E-state index is -0.985. The molecule has 0 spiro atoms. The molecule has 9 heteroatoms. The van der Waals surface area contributed by atoms with Crippen LogP contribution >= 0.6 is 23.4 Å². The van der Waals surface area contributed by atoms with Crippen molar-refractivity contribution < 1.29 is 18.7 Å². The molecular formula is C27H23ClFN3O3S. The van der Waals surface area contributed by atoms with E-state index in [1.54, 1.807) is 30.3 Å². The van der Waals surface area contributed by atoms with Gasteiger partial charge in [-0.25, -0.2) is 4.39 Å². The van der Waals surface area contributed by atoms with E-state index in [9.17, 15) is 14.0 Å². The van der Waals surface area contributed by atoms with E-state index in [1.807, 2.05) is 35.9 Å². The predicted octanol–water partition coefficient (Wildman–Crippen LogP) is 5.48. The van der Waals surface area contributed by atoms with Crippen molar-refractivity contribution in [3.05, 3.63) is 88.7 Å². The van der Waals surface area contributed by atoms with Crippen molar-refractivity contribution in [1.82, 2.24) is 9.88 Å². The lowest BCUT2D eigenvalue weighted by molar-refractivity contribution is -0.125. The summed E-state index contributed by atoms with van der Waals surface area (Å²) in [5.74, 6) is -0.402. The molecule has 1 aliphatic rings. The average Bonchev–Trinajstić information content (AvgIpc) is 3.06. The fourth-order valence-electron chi connectivity index (χ4n) is 4.57. The van der Waals surface area contributed by atoms with Crippen molar-refractivity contribution >= 4 is 51.8 Å². The minimum Gasteiger partial charge on any atom is -0.495 e. The van der Waals surface area contributed by atoms with E-state index < -0.39 is 6.04 Å².